The van der Waals surface area contributed by atoms with E-state index in [4.69, 9.17) is 23.2 Å². The van der Waals surface area contributed by atoms with Gasteiger partial charge in [0, 0.05) is 13.0 Å². The van der Waals surface area contributed by atoms with Crippen LogP contribution in [0, 0.1) is 53.8 Å². The number of aryl methyl sites for hydroxylation is 1. The molecule has 0 unspecified atom stereocenters. The molecule has 7 nitrogen and oxygen atoms in total. The summed E-state index contributed by atoms with van der Waals surface area (Å²) in [7, 11) is 1.30. The maximum Gasteiger partial charge on any atom is 0.258 e. The van der Waals surface area contributed by atoms with Gasteiger partial charge in [-0.3, -0.25) is 24.1 Å². The van der Waals surface area contributed by atoms with Crippen LogP contribution in [0.2, 0.25) is 0 Å². The van der Waals surface area contributed by atoms with Gasteiger partial charge in [-0.1, -0.05) is 23.8 Å². The second kappa shape index (κ2) is 9.00. The van der Waals surface area contributed by atoms with Gasteiger partial charge in [0.2, 0.25) is 17.6 Å². The van der Waals surface area contributed by atoms with Gasteiger partial charge in [-0.2, -0.15) is 0 Å². The Balaban J connectivity index is 1.62. The van der Waals surface area contributed by atoms with E-state index in [1.807, 2.05) is 0 Å². The van der Waals surface area contributed by atoms with Crippen molar-refractivity contribution in [3.05, 3.63) is 70.1 Å². The minimum atomic E-state index is -2.60. The van der Waals surface area contributed by atoms with Gasteiger partial charge in [0.25, 0.3) is 11.8 Å². The highest BCUT2D eigenvalue weighted by Crippen LogP contribution is 2.66. The van der Waals surface area contributed by atoms with E-state index in [1.54, 1.807) is 6.08 Å². The van der Waals surface area contributed by atoms with Crippen molar-refractivity contribution in [3.8, 4) is 5.75 Å². The van der Waals surface area contributed by atoms with Crippen LogP contribution in [0.25, 0.3) is 0 Å². The molecule has 6 atom stereocenters. The summed E-state index contributed by atoms with van der Waals surface area (Å²) in [6, 6.07) is 4.08. The third-order valence-electron chi connectivity index (χ3n) is 9.00. The van der Waals surface area contributed by atoms with Gasteiger partial charge in [0.1, 0.15) is 11.4 Å². The number of phenols is 1. The van der Waals surface area contributed by atoms with Crippen LogP contribution in [-0.2, 0) is 19.2 Å². The van der Waals surface area contributed by atoms with Crippen molar-refractivity contribution in [3.63, 3.8) is 0 Å². The number of carbonyl (C=O) groups is 4. The largest absolute Gasteiger partial charge is 0.508 e. The number of likely N-dealkylation sites (tertiary alicyclic amines) is 1. The average molecular weight is 629 g/mol. The molecule has 2 aromatic carbocycles. The molecule has 1 N–H and O–H groups in total. The van der Waals surface area contributed by atoms with Crippen molar-refractivity contribution in [2.24, 2.45) is 17.8 Å². The Morgan fingerprint density at radius 3 is 2.07 bits per heavy atom. The predicted molar refractivity (Wildman–Crippen MR) is 137 cm³/mol. The quantitative estimate of drug-likeness (QED) is 0.131. The molecular weight excluding hydrogens is 610 g/mol. The van der Waals surface area contributed by atoms with Crippen LogP contribution in [-0.4, -0.2) is 50.4 Å². The van der Waals surface area contributed by atoms with Gasteiger partial charge in [-0.15, -0.1) is 23.2 Å². The number of carbonyl (C=O) groups excluding carboxylic acids is 4. The first-order valence-electron chi connectivity index (χ1n) is 12.7. The van der Waals surface area contributed by atoms with E-state index in [1.165, 1.54) is 32.2 Å². The topological polar surface area (TPSA) is 95.0 Å². The molecule has 42 heavy (non-hydrogen) atoms. The zero-order valence-electron chi connectivity index (χ0n) is 21.7. The fraction of sp³-hybridized carbons (Fsp3) is 0.357. The summed E-state index contributed by atoms with van der Waals surface area (Å²) in [5, 5.41) is 10.1. The molecule has 2 aliphatic heterocycles. The van der Waals surface area contributed by atoms with Crippen LogP contribution < -0.4 is 4.90 Å². The Kier molecular flexibility index (Phi) is 6.13. The SMILES string of the molecule is Cc1cc([C@H]2C3=CC[C@@H]4C(=O)N(C)C(=O)[C@@H]4[C@@H]3C[C@@]3(Cl)C(=O)N(c4c(F)c(F)c(F)c(F)c4F)C(=O)[C@@]23Cl)ccc1O. The average Bonchev–Trinajstić information content (AvgIpc) is 3.26. The fourth-order valence-corrected chi connectivity index (χ4v) is 7.89. The van der Waals surface area contributed by atoms with Crippen LogP contribution >= 0.6 is 23.2 Å². The van der Waals surface area contributed by atoms with Gasteiger partial charge in [-0.25, -0.2) is 26.9 Å². The summed E-state index contributed by atoms with van der Waals surface area (Å²) in [4.78, 5) is 49.7. The zero-order chi connectivity index (χ0) is 30.8. The minimum Gasteiger partial charge on any atom is -0.508 e. The van der Waals surface area contributed by atoms with Crippen LogP contribution in [0.4, 0.5) is 27.6 Å². The summed E-state index contributed by atoms with van der Waals surface area (Å²) in [5.74, 6) is -20.7. The number of allylic oxidation sites excluding steroid dienone is 2. The molecule has 14 heteroatoms. The molecule has 2 heterocycles. The number of hydrogen-bond acceptors (Lipinski definition) is 5. The summed E-state index contributed by atoms with van der Waals surface area (Å²) >= 11 is 14.0. The van der Waals surface area contributed by atoms with Crippen molar-refractivity contribution in [2.75, 3.05) is 11.9 Å². The molecule has 2 saturated heterocycles. The van der Waals surface area contributed by atoms with Crippen molar-refractivity contribution in [1.29, 1.82) is 0 Å². The number of phenolic OH excluding ortho intramolecular Hbond substituents is 1. The molecule has 0 spiro atoms. The number of hydrogen-bond donors (Lipinski definition) is 1. The molecule has 220 valence electrons. The van der Waals surface area contributed by atoms with E-state index in [0.717, 1.165) is 4.90 Å². The Morgan fingerprint density at radius 1 is 0.881 bits per heavy atom. The van der Waals surface area contributed by atoms with E-state index in [0.29, 0.717) is 11.1 Å². The standard InChI is InChI=1S/C28H19Cl2F5N2O5/c1-9-7-10(3-6-14(9)38)16-11-4-5-12-15(24(40)36(2)23(12)39)13(11)8-27(29)25(41)37(26(42)28(16,27)30)22-20(34)18(32)17(31)19(33)21(22)35/h3-4,6-7,12-13,15-16,38H,5,8H2,1-2H3/t12-,13+,15-,16-,27+,28-/m0/s1. The lowest BCUT2D eigenvalue weighted by Crippen LogP contribution is -2.60. The highest BCUT2D eigenvalue weighted by Gasteiger charge is 2.77. The summed E-state index contributed by atoms with van der Waals surface area (Å²) in [5.41, 5.74) is -0.975. The molecular formula is C28H19Cl2F5N2O5. The second-order valence-corrected chi connectivity index (χ2v) is 12.2. The molecule has 4 aliphatic rings. The number of anilines is 1. The zero-order valence-corrected chi connectivity index (χ0v) is 23.2. The lowest BCUT2D eigenvalue weighted by molar-refractivity contribution is -0.138. The smallest absolute Gasteiger partial charge is 0.258 e. The third kappa shape index (κ3) is 3.27. The van der Waals surface area contributed by atoms with Crippen LogP contribution in [0.3, 0.4) is 0 Å². The van der Waals surface area contributed by atoms with E-state index in [9.17, 15) is 46.2 Å². The summed E-state index contributed by atoms with van der Waals surface area (Å²) < 4.78 is 72.2. The monoisotopic (exact) mass is 628 g/mol. The first-order chi connectivity index (χ1) is 19.6. The molecule has 2 aliphatic carbocycles. The highest BCUT2D eigenvalue weighted by molar-refractivity contribution is 6.58. The lowest BCUT2D eigenvalue weighted by atomic mass is 9.56. The summed E-state index contributed by atoms with van der Waals surface area (Å²) in [6.07, 6.45) is 1.09. The first kappa shape index (κ1) is 28.6. The minimum absolute atomic E-state index is 0.0602. The van der Waals surface area contributed by atoms with Gasteiger partial charge >= 0.3 is 0 Å². The highest BCUT2D eigenvalue weighted by atomic mass is 35.5. The van der Waals surface area contributed by atoms with Crippen LogP contribution in [0.5, 0.6) is 5.75 Å². The van der Waals surface area contributed by atoms with Crippen molar-refractivity contribution in [2.45, 2.75) is 35.4 Å². The van der Waals surface area contributed by atoms with Gasteiger partial charge in [0.05, 0.1) is 11.8 Å². The number of imide groups is 2. The molecule has 2 aromatic rings. The lowest BCUT2D eigenvalue weighted by Gasteiger charge is -2.50. The van der Waals surface area contributed by atoms with Crippen molar-refractivity contribution < 1.29 is 46.2 Å². The molecule has 3 fully saturated rings. The third-order valence-corrected chi connectivity index (χ3v) is 10.4. The maximum absolute atomic E-state index is 15.0. The number of halogens is 7. The van der Waals surface area contributed by atoms with Gasteiger partial charge in [0.15, 0.2) is 33.0 Å². The van der Waals surface area contributed by atoms with E-state index < -0.39 is 98.2 Å². The Hall–Kier alpha value is -3.51. The van der Waals surface area contributed by atoms with Crippen LogP contribution in [0.15, 0.2) is 29.8 Å². The number of benzene rings is 2. The predicted octanol–water partition coefficient (Wildman–Crippen LogP) is 4.59. The van der Waals surface area contributed by atoms with Crippen molar-refractivity contribution in [1.82, 2.24) is 4.90 Å². The number of aromatic hydroxyl groups is 1. The second-order valence-electron chi connectivity index (χ2n) is 11.0. The molecule has 0 bridgehead atoms. The first-order valence-corrected chi connectivity index (χ1v) is 13.4. The molecule has 1 saturated carbocycles. The molecule has 6 rings (SSSR count). The number of alkyl halides is 2. The normalized spacial score (nSPS) is 32.3. The number of rotatable bonds is 2. The van der Waals surface area contributed by atoms with E-state index in [-0.39, 0.29) is 22.6 Å². The maximum atomic E-state index is 15.0. The molecule has 4 amide bonds. The van der Waals surface area contributed by atoms with Crippen LogP contribution in [0.1, 0.15) is 29.9 Å². The number of fused-ring (bicyclic) bond motifs is 4. The van der Waals surface area contributed by atoms with E-state index >= 15 is 0 Å². The van der Waals surface area contributed by atoms with Crippen molar-refractivity contribution >= 4 is 52.5 Å². The number of nitrogens with zero attached hydrogens (tertiary/aromatic N) is 2. The van der Waals surface area contributed by atoms with E-state index in [2.05, 4.69) is 0 Å². The Bertz CT molecular complexity index is 1670. The Labute approximate surface area is 244 Å². The fourth-order valence-electron chi connectivity index (χ4n) is 6.96. The van der Waals surface area contributed by atoms with Gasteiger partial charge < -0.3 is 5.11 Å². The van der Waals surface area contributed by atoms with Gasteiger partial charge in [-0.05, 0) is 42.9 Å². The number of amides is 4. The molecule has 0 radical (unpaired) electrons. The Morgan fingerprint density at radius 2 is 1.48 bits per heavy atom. The molecule has 0 aromatic heterocycles. The summed E-state index contributed by atoms with van der Waals surface area (Å²) in [6.45, 7) is 1.52.